The molecule has 0 unspecified atom stereocenters. The predicted molar refractivity (Wildman–Crippen MR) is 57.4 cm³/mol. The molecule has 0 aliphatic rings. The van der Waals surface area contributed by atoms with Crippen molar-refractivity contribution in [2.45, 2.75) is 19.3 Å². The van der Waals surface area contributed by atoms with E-state index in [1.165, 1.54) is 18.4 Å². The summed E-state index contributed by atoms with van der Waals surface area (Å²) < 4.78 is 15.0. The molecule has 0 aromatic heterocycles. The van der Waals surface area contributed by atoms with Crippen LogP contribution in [0.25, 0.3) is 0 Å². The molecule has 2 nitrogen and oxygen atoms in total. The number of allylic oxidation sites excluding steroid dienone is 1. The van der Waals surface area contributed by atoms with E-state index in [-0.39, 0.29) is 21.1 Å². The van der Waals surface area contributed by atoms with E-state index in [0.717, 1.165) is 6.42 Å². The van der Waals surface area contributed by atoms with Gasteiger partial charge in [0.15, 0.2) is 0 Å². The van der Waals surface area contributed by atoms with E-state index in [1.54, 1.807) is 0 Å². The summed E-state index contributed by atoms with van der Waals surface area (Å²) in [5, 5.41) is 0. The second-order valence-corrected chi connectivity index (χ2v) is 2.67. The van der Waals surface area contributed by atoms with E-state index in [2.05, 4.69) is 50.2 Å². The van der Waals surface area contributed by atoms with Crippen molar-refractivity contribution < 1.29 is 30.4 Å². The molecule has 0 amide bonds. The number of hydrogen-bond acceptors (Lipinski definition) is 0. The van der Waals surface area contributed by atoms with Crippen LogP contribution in [0, 0.1) is 13.3 Å². The van der Waals surface area contributed by atoms with Gasteiger partial charge in [-0.1, -0.05) is 36.4 Å². The number of hydrogen-bond donors (Lipinski definition) is 0. The maximum atomic E-state index is 7.50. The number of rotatable bonds is 4. The van der Waals surface area contributed by atoms with Gasteiger partial charge in [0.25, 0.3) is 0 Å². The van der Waals surface area contributed by atoms with Crippen LogP contribution in [0.5, 0.6) is 0 Å². The molecule has 1 rings (SSSR count). The second kappa shape index (κ2) is 19.7. The molecule has 84 valence electrons. The fourth-order valence-electron chi connectivity index (χ4n) is 1.10. The Hall–Kier alpha value is -0.872. The largest absolute Gasteiger partial charge is 0 e. The molecule has 1 aromatic rings. The van der Waals surface area contributed by atoms with Crippen molar-refractivity contribution >= 4 is 0 Å². The third kappa shape index (κ3) is 13.1. The molecule has 0 radical (unpaired) electrons. The summed E-state index contributed by atoms with van der Waals surface area (Å²) in [6.07, 6.45) is 5.48. The zero-order valence-corrected chi connectivity index (χ0v) is 11.0. The maximum Gasteiger partial charge on any atom is 0 e. The van der Waals surface area contributed by atoms with Crippen LogP contribution >= 0.6 is 0 Å². The van der Waals surface area contributed by atoms with Gasteiger partial charge in [-0.2, -0.15) is 0 Å². The summed E-state index contributed by atoms with van der Waals surface area (Å²) in [5.74, 6) is 0. The smallest absolute Gasteiger partial charge is 0 e. The van der Waals surface area contributed by atoms with Gasteiger partial charge in [0, 0.05) is 21.1 Å². The monoisotopic (exact) mass is 300 g/mol. The Bertz CT molecular complexity index is 272. The summed E-state index contributed by atoms with van der Waals surface area (Å²) in [7, 11) is 0. The van der Waals surface area contributed by atoms with Crippen molar-refractivity contribution in [3.05, 3.63) is 61.9 Å². The van der Waals surface area contributed by atoms with Crippen LogP contribution in [0.2, 0.25) is 0 Å². The maximum absolute atomic E-state index is 7.50. The fourth-order valence-corrected chi connectivity index (χ4v) is 1.10. The number of benzene rings is 1. The topological polar surface area (TPSA) is 39.8 Å². The van der Waals surface area contributed by atoms with Crippen LogP contribution in [0.3, 0.4) is 0 Å². The Morgan fingerprint density at radius 2 is 1.56 bits per heavy atom. The Kier molecular flexibility index (Phi) is 25.2. The van der Waals surface area contributed by atoms with Crippen molar-refractivity contribution in [2.24, 2.45) is 0 Å². The zero-order valence-electron chi connectivity index (χ0n) is 9.02. The fraction of sp³-hybridized carbons (Fsp3) is 0.231. The Labute approximate surface area is 111 Å². The van der Waals surface area contributed by atoms with Gasteiger partial charge < -0.3 is 0 Å². The summed E-state index contributed by atoms with van der Waals surface area (Å²) in [6, 6.07) is 10.6. The van der Waals surface area contributed by atoms with Gasteiger partial charge in [0.05, 0.1) is 0 Å². The van der Waals surface area contributed by atoms with E-state index in [1.807, 2.05) is 6.08 Å². The quantitative estimate of drug-likeness (QED) is 0.269. The van der Waals surface area contributed by atoms with Crippen LogP contribution in [-0.2, 0) is 36.8 Å². The van der Waals surface area contributed by atoms with Crippen LogP contribution in [-0.4, -0.2) is 0 Å². The minimum atomic E-state index is 0. The van der Waals surface area contributed by atoms with Gasteiger partial charge in [0.2, 0.25) is 0 Å². The molecule has 16 heavy (non-hydrogen) atoms. The number of unbranched alkanes of at least 4 members (excludes halogenated alkanes) is 1. The zero-order chi connectivity index (χ0) is 11.9. The molecule has 1 aromatic carbocycles. The molecule has 0 spiro atoms. The Morgan fingerprint density at radius 3 is 2.00 bits per heavy atom. The first-order valence-electron chi connectivity index (χ1n) is 4.49. The van der Waals surface area contributed by atoms with Gasteiger partial charge in [0.1, 0.15) is 0 Å². The first-order valence-corrected chi connectivity index (χ1v) is 4.49. The SMILES string of the molecule is C=CCCCc1ccccc1.[C-]#[O+].[C-]#[O+].[Mo]. The molecule has 0 aliphatic carbocycles. The average molecular weight is 298 g/mol. The molecular weight excluding hydrogens is 284 g/mol. The van der Waals surface area contributed by atoms with Crippen LogP contribution in [0.1, 0.15) is 18.4 Å². The first kappa shape index (κ1) is 20.5. The molecule has 0 aliphatic heterocycles. The Balaban J connectivity index is -0.000000305. The van der Waals surface area contributed by atoms with Crippen molar-refractivity contribution in [3.8, 4) is 0 Å². The third-order valence-corrected chi connectivity index (χ3v) is 1.72. The van der Waals surface area contributed by atoms with Crippen LogP contribution < -0.4 is 0 Å². The third-order valence-electron chi connectivity index (χ3n) is 1.72. The van der Waals surface area contributed by atoms with Crippen molar-refractivity contribution in [1.82, 2.24) is 0 Å². The van der Waals surface area contributed by atoms with Gasteiger partial charge in [-0.15, -0.1) is 6.58 Å². The minimum absolute atomic E-state index is 0. The molecule has 0 atom stereocenters. The van der Waals surface area contributed by atoms with Gasteiger partial charge >= 0.3 is 22.6 Å². The van der Waals surface area contributed by atoms with E-state index < -0.39 is 0 Å². The Morgan fingerprint density at radius 1 is 1.06 bits per heavy atom. The van der Waals surface area contributed by atoms with Crippen LogP contribution in [0.15, 0.2) is 43.0 Å². The molecule has 0 bridgehead atoms. The molecule has 3 heteroatoms. The molecule has 0 heterocycles. The van der Waals surface area contributed by atoms with Crippen molar-refractivity contribution in [2.75, 3.05) is 0 Å². The summed E-state index contributed by atoms with van der Waals surface area (Å²) in [4.78, 5) is 0. The van der Waals surface area contributed by atoms with E-state index >= 15 is 0 Å². The minimum Gasteiger partial charge on any atom is 0 e. The van der Waals surface area contributed by atoms with E-state index in [4.69, 9.17) is 9.30 Å². The van der Waals surface area contributed by atoms with Crippen LogP contribution in [0.4, 0.5) is 0 Å². The molecule has 0 N–H and O–H groups in total. The summed E-state index contributed by atoms with van der Waals surface area (Å²) in [6.45, 7) is 12.7. The summed E-state index contributed by atoms with van der Waals surface area (Å²) in [5.41, 5.74) is 1.43. The number of aryl methyl sites for hydroxylation is 1. The van der Waals surface area contributed by atoms with Gasteiger partial charge in [-0.05, 0) is 24.8 Å². The molecule has 0 saturated heterocycles. The van der Waals surface area contributed by atoms with Gasteiger partial charge in [-0.25, -0.2) is 0 Å². The van der Waals surface area contributed by atoms with Gasteiger partial charge in [-0.3, -0.25) is 0 Å². The average Bonchev–Trinajstić information content (AvgIpc) is 2.36. The molecule has 0 fully saturated rings. The predicted octanol–water partition coefficient (Wildman–Crippen LogP) is 3.12. The molecule has 0 saturated carbocycles. The normalized spacial score (nSPS) is 6.75. The molecular formula is C13H14MoO2. The first-order chi connectivity index (χ1) is 7.43. The summed E-state index contributed by atoms with van der Waals surface area (Å²) >= 11 is 0. The van der Waals surface area contributed by atoms with E-state index in [9.17, 15) is 0 Å². The second-order valence-electron chi connectivity index (χ2n) is 2.67. The van der Waals surface area contributed by atoms with E-state index in [0.29, 0.717) is 0 Å². The van der Waals surface area contributed by atoms with Crippen molar-refractivity contribution in [3.63, 3.8) is 0 Å². The van der Waals surface area contributed by atoms with Crippen molar-refractivity contribution in [1.29, 1.82) is 0 Å². The standard InChI is InChI=1S/C11H14.2CO.Mo/c1-2-3-5-8-11-9-6-4-7-10-11;2*1-2;/h2,4,6-7,9-10H,1,3,5,8H2;;;.